The Balaban J connectivity index is 1.82. The van der Waals surface area contributed by atoms with E-state index in [0.29, 0.717) is 6.54 Å². The molecule has 0 bridgehead atoms. The fraction of sp³-hybridized carbons (Fsp3) is 0.800. The molecule has 124 valence electrons. The van der Waals surface area contributed by atoms with E-state index in [0.717, 1.165) is 50.6 Å². The average molecular weight is 308 g/mol. The van der Waals surface area contributed by atoms with Crippen LogP contribution in [0.5, 0.6) is 0 Å². The van der Waals surface area contributed by atoms with E-state index in [1.165, 1.54) is 0 Å². The minimum absolute atomic E-state index is 0.0261. The molecule has 0 amide bonds. The van der Waals surface area contributed by atoms with Crippen LogP contribution in [0.2, 0.25) is 0 Å². The van der Waals surface area contributed by atoms with Crippen molar-refractivity contribution in [2.24, 2.45) is 4.99 Å². The SMILES string of the molecule is CN=C(NCCCn1nc2n(c1=O)CCCC2)NC(C)(C)C. The first-order chi connectivity index (χ1) is 10.4. The molecule has 0 fully saturated rings. The highest BCUT2D eigenvalue weighted by Crippen LogP contribution is 2.09. The van der Waals surface area contributed by atoms with Gasteiger partial charge in [0, 0.05) is 38.6 Å². The summed E-state index contributed by atoms with van der Waals surface area (Å²) in [7, 11) is 1.76. The summed E-state index contributed by atoms with van der Waals surface area (Å²) >= 11 is 0. The maximum absolute atomic E-state index is 12.2. The third-order valence-corrected chi connectivity index (χ3v) is 3.59. The Kier molecular flexibility index (Phi) is 5.26. The molecule has 2 heterocycles. The normalized spacial score (nSPS) is 15.5. The first kappa shape index (κ1) is 16.6. The van der Waals surface area contributed by atoms with E-state index in [-0.39, 0.29) is 11.2 Å². The average Bonchev–Trinajstić information content (AvgIpc) is 2.78. The number of nitrogens with one attached hydrogen (secondary N) is 2. The quantitative estimate of drug-likeness (QED) is 0.488. The summed E-state index contributed by atoms with van der Waals surface area (Å²) in [6.45, 7) is 8.48. The second-order valence-corrected chi connectivity index (χ2v) is 6.76. The molecule has 1 aromatic rings. The fourth-order valence-corrected chi connectivity index (χ4v) is 2.56. The van der Waals surface area contributed by atoms with Gasteiger partial charge >= 0.3 is 5.69 Å². The van der Waals surface area contributed by atoms with Gasteiger partial charge in [0.05, 0.1) is 0 Å². The predicted molar refractivity (Wildman–Crippen MR) is 88.3 cm³/mol. The van der Waals surface area contributed by atoms with Crippen molar-refractivity contribution in [1.29, 1.82) is 0 Å². The van der Waals surface area contributed by atoms with E-state index in [4.69, 9.17) is 0 Å². The zero-order valence-corrected chi connectivity index (χ0v) is 14.1. The smallest absolute Gasteiger partial charge is 0.345 e. The van der Waals surface area contributed by atoms with Crippen LogP contribution in [0.4, 0.5) is 0 Å². The van der Waals surface area contributed by atoms with Gasteiger partial charge in [0.1, 0.15) is 5.82 Å². The van der Waals surface area contributed by atoms with Gasteiger partial charge in [0.2, 0.25) is 0 Å². The van der Waals surface area contributed by atoms with Gasteiger partial charge in [0.15, 0.2) is 5.96 Å². The summed E-state index contributed by atoms with van der Waals surface area (Å²) in [5, 5.41) is 11.0. The zero-order valence-electron chi connectivity index (χ0n) is 14.1. The molecule has 7 heteroatoms. The Labute approximate surface area is 131 Å². The van der Waals surface area contributed by atoms with Gasteiger partial charge in [-0.3, -0.25) is 9.56 Å². The molecule has 0 radical (unpaired) electrons. The number of nitrogens with zero attached hydrogens (tertiary/aromatic N) is 4. The Bertz CT molecular complexity index is 578. The molecule has 0 aliphatic carbocycles. The van der Waals surface area contributed by atoms with E-state index in [1.807, 2.05) is 4.57 Å². The number of hydrogen-bond acceptors (Lipinski definition) is 3. The lowest BCUT2D eigenvalue weighted by molar-refractivity contribution is 0.495. The number of aromatic nitrogens is 3. The molecule has 7 nitrogen and oxygen atoms in total. The number of aryl methyl sites for hydroxylation is 2. The van der Waals surface area contributed by atoms with Crippen molar-refractivity contribution in [2.45, 2.75) is 65.1 Å². The first-order valence-electron chi connectivity index (χ1n) is 8.06. The third kappa shape index (κ3) is 4.35. The highest BCUT2D eigenvalue weighted by molar-refractivity contribution is 5.80. The molecular formula is C15H28N6O. The molecular weight excluding hydrogens is 280 g/mol. The van der Waals surface area contributed by atoms with Crippen LogP contribution in [0.1, 0.15) is 45.9 Å². The van der Waals surface area contributed by atoms with Gasteiger partial charge in [-0.1, -0.05) is 0 Å². The molecule has 1 aliphatic rings. The third-order valence-electron chi connectivity index (χ3n) is 3.59. The minimum atomic E-state index is -0.0261. The number of rotatable bonds is 4. The van der Waals surface area contributed by atoms with Gasteiger partial charge in [0.25, 0.3) is 0 Å². The summed E-state index contributed by atoms with van der Waals surface area (Å²) in [6.07, 6.45) is 3.96. The molecule has 2 rings (SSSR count). The van der Waals surface area contributed by atoms with Crippen molar-refractivity contribution >= 4 is 5.96 Å². The second kappa shape index (κ2) is 6.98. The fourth-order valence-electron chi connectivity index (χ4n) is 2.56. The first-order valence-corrected chi connectivity index (χ1v) is 8.06. The molecule has 2 N–H and O–H groups in total. The van der Waals surface area contributed by atoms with Crippen LogP contribution in [0.15, 0.2) is 9.79 Å². The van der Waals surface area contributed by atoms with E-state index < -0.39 is 0 Å². The van der Waals surface area contributed by atoms with Crippen LogP contribution < -0.4 is 16.3 Å². The number of guanidine groups is 1. The van der Waals surface area contributed by atoms with Gasteiger partial charge in [-0.15, -0.1) is 0 Å². The van der Waals surface area contributed by atoms with Crippen LogP contribution in [-0.4, -0.2) is 39.4 Å². The van der Waals surface area contributed by atoms with Gasteiger partial charge < -0.3 is 10.6 Å². The predicted octanol–water partition coefficient (Wildman–Crippen LogP) is 0.735. The number of hydrogen-bond donors (Lipinski definition) is 2. The van der Waals surface area contributed by atoms with Crippen LogP contribution >= 0.6 is 0 Å². The van der Waals surface area contributed by atoms with E-state index in [2.05, 4.69) is 41.5 Å². The maximum Gasteiger partial charge on any atom is 0.345 e. The van der Waals surface area contributed by atoms with Crippen LogP contribution in [0, 0.1) is 0 Å². The molecule has 0 saturated carbocycles. The van der Waals surface area contributed by atoms with Crippen molar-refractivity contribution in [3.63, 3.8) is 0 Å². The number of aliphatic imine (C=N–C) groups is 1. The summed E-state index contributed by atoms with van der Waals surface area (Å²) in [6, 6.07) is 0. The lowest BCUT2D eigenvalue weighted by Crippen LogP contribution is -2.47. The summed E-state index contributed by atoms with van der Waals surface area (Å²) in [5.41, 5.74) is 0.00808. The topological polar surface area (TPSA) is 76.2 Å². The Morgan fingerprint density at radius 3 is 2.77 bits per heavy atom. The summed E-state index contributed by atoms with van der Waals surface area (Å²) in [5.74, 6) is 1.72. The summed E-state index contributed by atoms with van der Waals surface area (Å²) in [4.78, 5) is 16.4. The van der Waals surface area contributed by atoms with Crippen LogP contribution in [0.25, 0.3) is 0 Å². The van der Waals surface area contributed by atoms with Gasteiger partial charge in [-0.2, -0.15) is 5.10 Å². The largest absolute Gasteiger partial charge is 0.356 e. The molecule has 22 heavy (non-hydrogen) atoms. The van der Waals surface area contributed by atoms with Crippen molar-refractivity contribution in [1.82, 2.24) is 25.0 Å². The maximum atomic E-state index is 12.2. The lowest BCUT2D eigenvalue weighted by atomic mass is 10.1. The highest BCUT2D eigenvalue weighted by Gasteiger charge is 2.16. The number of fused-ring (bicyclic) bond motifs is 1. The van der Waals surface area contributed by atoms with Gasteiger partial charge in [-0.25, -0.2) is 9.48 Å². The second-order valence-electron chi connectivity index (χ2n) is 6.76. The van der Waals surface area contributed by atoms with E-state index >= 15 is 0 Å². The Morgan fingerprint density at radius 1 is 1.36 bits per heavy atom. The molecule has 0 aromatic carbocycles. The van der Waals surface area contributed by atoms with Gasteiger partial charge in [-0.05, 0) is 40.0 Å². The Hall–Kier alpha value is -1.79. The van der Waals surface area contributed by atoms with Crippen molar-refractivity contribution < 1.29 is 0 Å². The van der Waals surface area contributed by atoms with Crippen LogP contribution in [-0.2, 0) is 19.5 Å². The van der Waals surface area contributed by atoms with Crippen molar-refractivity contribution in [3.05, 3.63) is 16.3 Å². The minimum Gasteiger partial charge on any atom is -0.356 e. The standard InChI is InChI=1S/C15H28N6O/c1-15(2,3)18-13(16-4)17-9-7-11-21-14(22)20-10-6-5-8-12(20)19-21/h5-11H2,1-4H3,(H2,16,17,18). The molecule has 0 spiro atoms. The molecule has 0 unspecified atom stereocenters. The molecule has 1 aromatic heterocycles. The molecule has 0 atom stereocenters. The highest BCUT2D eigenvalue weighted by atomic mass is 16.2. The zero-order chi connectivity index (χ0) is 16.2. The van der Waals surface area contributed by atoms with E-state index in [1.54, 1.807) is 11.7 Å². The summed E-state index contributed by atoms with van der Waals surface area (Å²) < 4.78 is 3.42. The molecule has 0 saturated heterocycles. The Morgan fingerprint density at radius 2 is 2.14 bits per heavy atom. The van der Waals surface area contributed by atoms with Crippen LogP contribution in [0.3, 0.4) is 0 Å². The monoisotopic (exact) mass is 308 g/mol. The van der Waals surface area contributed by atoms with Crippen molar-refractivity contribution in [2.75, 3.05) is 13.6 Å². The lowest BCUT2D eigenvalue weighted by Gasteiger charge is -2.23. The van der Waals surface area contributed by atoms with E-state index in [9.17, 15) is 4.79 Å². The van der Waals surface area contributed by atoms with Crippen molar-refractivity contribution in [3.8, 4) is 0 Å². The molecule has 1 aliphatic heterocycles.